The lowest BCUT2D eigenvalue weighted by atomic mass is 10.0. The highest BCUT2D eigenvalue weighted by Gasteiger charge is 2.15. The summed E-state index contributed by atoms with van der Waals surface area (Å²) in [5, 5.41) is 10.1. The van der Waals surface area contributed by atoms with Crippen LogP contribution in [0.15, 0.2) is 24.3 Å². The average Bonchev–Trinajstić information content (AvgIpc) is 3.02. The van der Waals surface area contributed by atoms with Crippen LogP contribution in [0.1, 0.15) is 38.2 Å². The molecule has 0 aliphatic carbocycles. The molecule has 1 aromatic carbocycles. The number of hydrogen-bond donors (Lipinski definition) is 2. The summed E-state index contributed by atoms with van der Waals surface area (Å²) in [7, 11) is 0. The van der Waals surface area contributed by atoms with Crippen molar-refractivity contribution in [1.29, 1.82) is 0 Å². The molecule has 1 fully saturated rings. The van der Waals surface area contributed by atoms with E-state index in [9.17, 15) is 4.79 Å². The van der Waals surface area contributed by atoms with Crippen molar-refractivity contribution in [2.24, 2.45) is 5.92 Å². The number of aromatic nitrogens is 3. The number of rotatable bonds is 8. The van der Waals surface area contributed by atoms with Crippen molar-refractivity contribution < 1.29 is 4.79 Å². The molecule has 7 heteroatoms. The molecule has 1 atom stereocenters. The van der Waals surface area contributed by atoms with Gasteiger partial charge in [-0.15, -0.1) is 0 Å². The molecule has 1 aliphatic rings. The number of carbonyl (C=O) groups excluding carboxylic acids is 1. The van der Waals surface area contributed by atoms with Gasteiger partial charge < -0.3 is 10.2 Å². The third-order valence-corrected chi connectivity index (χ3v) is 5.61. The van der Waals surface area contributed by atoms with Gasteiger partial charge in [-0.3, -0.25) is 14.5 Å². The zero-order chi connectivity index (χ0) is 19.9. The minimum atomic E-state index is -0.0296. The van der Waals surface area contributed by atoms with Gasteiger partial charge in [0.2, 0.25) is 5.91 Å². The van der Waals surface area contributed by atoms with Crippen LogP contribution in [0.25, 0.3) is 11.4 Å². The fourth-order valence-corrected chi connectivity index (χ4v) is 4.04. The number of hydrogen-bond acceptors (Lipinski definition) is 4. The molecule has 2 N–H and O–H groups in total. The third-order valence-electron chi connectivity index (χ3n) is 5.30. The average molecular weight is 402 g/mol. The molecule has 1 aromatic heterocycles. The summed E-state index contributed by atoms with van der Waals surface area (Å²) in [5.41, 5.74) is 2.10. The van der Waals surface area contributed by atoms with Crippen molar-refractivity contribution in [1.82, 2.24) is 25.0 Å². The number of nitrogens with zero attached hydrogens (tertiary/aromatic N) is 3. The van der Waals surface area contributed by atoms with Gasteiger partial charge in [0.15, 0.2) is 10.6 Å². The van der Waals surface area contributed by atoms with Crippen LogP contribution in [0.2, 0.25) is 0 Å². The van der Waals surface area contributed by atoms with E-state index in [0.717, 1.165) is 36.4 Å². The van der Waals surface area contributed by atoms with Gasteiger partial charge in [-0.05, 0) is 69.9 Å². The summed E-state index contributed by atoms with van der Waals surface area (Å²) >= 11 is 5.32. The van der Waals surface area contributed by atoms with E-state index in [1.54, 1.807) is 4.57 Å². The number of benzene rings is 1. The molecule has 0 spiro atoms. The normalized spacial score (nSPS) is 17.6. The molecule has 2 aromatic rings. The van der Waals surface area contributed by atoms with Crippen LogP contribution in [0.3, 0.4) is 0 Å². The number of amides is 1. The summed E-state index contributed by atoms with van der Waals surface area (Å²) in [6, 6.07) is 8.04. The molecule has 1 aliphatic heterocycles. The molecular weight excluding hydrogens is 370 g/mol. The van der Waals surface area contributed by atoms with E-state index in [1.807, 2.05) is 31.2 Å². The van der Waals surface area contributed by atoms with E-state index in [4.69, 9.17) is 12.2 Å². The van der Waals surface area contributed by atoms with Crippen molar-refractivity contribution in [3.05, 3.63) is 34.6 Å². The maximum Gasteiger partial charge on any atom is 0.240 e. The maximum atomic E-state index is 12.4. The van der Waals surface area contributed by atoms with Crippen molar-refractivity contribution in [3.63, 3.8) is 0 Å². The van der Waals surface area contributed by atoms with Crippen LogP contribution in [-0.4, -0.2) is 51.8 Å². The highest BCUT2D eigenvalue weighted by atomic mass is 32.1. The number of likely N-dealkylation sites (tertiary alicyclic amines) is 1. The van der Waals surface area contributed by atoms with Gasteiger partial charge in [0.05, 0.1) is 0 Å². The van der Waals surface area contributed by atoms with Gasteiger partial charge in [0, 0.05) is 18.7 Å². The molecule has 1 amide bonds. The Kier molecular flexibility index (Phi) is 7.39. The monoisotopic (exact) mass is 401 g/mol. The second kappa shape index (κ2) is 9.98. The van der Waals surface area contributed by atoms with Gasteiger partial charge in [-0.25, -0.2) is 0 Å². The highest BCUT2D eigenvalue weighted by molar-refractivity contribution is 7.71. The summed E-state index contributed by atoms with van der Waals surface area (Å²) in [6.45, 7) is 8.81. The molecule has 0 saturated carbocycles. The Morgan fingerprint density at radius 1 is 1.39 bits per heavy atom. The summed E-state index contributed by atoms with van der Waals surface area (Å²) < 4.78 is 2.22. The Morgan fingerprint density at radius 3 is 3.04 bits per heavy atom. The van der Waals surface area contributed by atoms with E-state index in [-0.39, 0.29) is 12.5 Å². The lowest BCUT2D eigenvalue weighted by Gasteiger charge is -2.30. The third kappa shape index (κ3) is 5.75. The van der Waals surface area contributed by atoms with E-state index in [2.05, 4.69) is 27.3 Å². The summed E-state index contributed by atoms with van der Waals surface area (Å²) in [4.78, 5) is 14.9. The minimum absolute atomic E-state index is 0.0296. The largest absolute Gasteiger partial charge is 0.355 e. The van der Waals surface area contributed by atoms with Crippen LogP contribution in [0, 0.1) is 17.6 Å². The molecule has 0 radical (unpaired) electrons. The second-order valence-electron chi connectivity index (χ2n) is 7.91. The number of aryl methyl sites for hydroxylation is 1. The van der Waals surface area contributed by atoms with E-state index < -0.39 is 0 Å². The number of piperidine rings is 1. The van der Waals surface area contributed by atoms with E-state index in [0.29, 0.717) is 17.1 Å². The first-order chi connectivity index (χ1) is 13.5. The van der Waals surface area contributed by atoms with Crippen LogP contribution >= 0.6 is 12.2 Å². The Morgan fingerprint density at radius 2 is 2.25 bits per heavy atom. The van der Waals surface area contributed by atoms with Crippen LogP contribution in [0.5, 0.6) is 0 Å². The van der Waals surface area contributed by atoms with Crippen molar-refractivity contribution in [2.45, 2.75) is 46.1 Å². The van der Waals surface area contributed by atoms with Gasteiger partial charge >= 0.3 is 0 Å². The smallest absolute Gasteiger partial charge is 0.240 e. The molecule has 1 unspecified atom stereocenters. The predicted molar refractivity (Wildman–Crippen MR) is 115 cm³/mol. The number of carbonyl (C=O) groups is 1. The van der Waals surface area contributed by atoms with E-state index >= 15 is 0 Å². The molecular formula is C21H31N5OS. The molecule has 0 bridgehead atoms. The van der Waals surface area contributed by atoms with Crippen LogP contribution in [-0.2, 0) is 11.3 Å². The van der Waals surface area contributed by atoms with Gasteiger partial charge in [-0.1, -0.05) is 30.7 Å². The Hall–Kier alpha value is -1.99. The van der Waals surface area contributed by atoms with Crippen molar-refractivity contribution in [3.8, 4) is 11.4 Å². The number of unbranched alkanes of at least 4 members (excludes halogenated alkanes) is 1. The first kappa shape index (κ1) is 20.7. The fraction of sp³-hybridized carbons (Fsp3) is 0.571. The lowest BCUT2D eigenvalue weighted by Crippen LogP contribution is -2.35. The van der Waals surface area contributed by atoms with Gasteiger partial charge in [0.1, 0.15) is 6.54 Å². The van der Waals surface area contributed by atoms with E-state index in [1.165, 1.54) is 25.9 Å². The molecule has 3 rings (SSSR count). The topological polar surface area (TPSA) is 66.0 Å². The predicted octanol–water partition coefficient (Wildman–Crippen LogP) is 3.54. The second-order valence-corrected chi connectivity index (χ2v) is 8.30. The number of H-pyrrole nitrogens is 1. The Bertz CT molecular complexity index is 843. The molecule has 1 saturated heterocycles. The quantitative estimate of drug-likeness (QED) is 0.524. The molecule has 28 heavy (non-hydrogen) atoms. The molecule has 2 heterocycles. The Labute approximate surface area is 172 Å². The van der Waals surface area contributed by atoms with Gasteiger partial charge in [-0.2, -0.15) is 5.10 Å². The highest BCUT2D eigenvalue weighted by Crippen LogP contribution is 2.18. The van der Waals surface area contributed by atoms with Crippen LogP contribution in [0.4, 0.5) is 0 Å². The lowest BCUT2D eigenvalue weighted by molar-refractivity contribution is -0.121. The van der Waals surface area contributed by atoms with Crippen LogP contribution < -0.4 is 5.32 Å². The fourth-order valence-electron chi connectivity index (χ4n) is 3.85. The maximum absolute atomic E-state index is 12.4. The zero-order valence-corrected chi connectivity index (χ0v) is 17.7. The first-order valence-electron chi connectivity index (χ1n) is 10.2. The van der Waals surface area contributed by atoms with Crippen molar-refractivity contribution >= 4 is 18.1 Å². The standard InChI is InChI=1S/C21H31N5OS/c1-16-7-5-9-18(13-16)20-23-24-21(28)26(20)15-19(27)22-10-3-4-11-25-12-6-8-17(2)14-25/h5,7,9,13,17H,3-4,6,8,10-12,14-15H2,1-2H3,(H,22,27)(H,24,28). The minimum Gasteiger partial charge on any atom is -0.355 e. The van der Waals surface area contributed by atoms with Gasteiger partial charge in [0.25, 0.3) is 0 Å². The summed E-state index contributed by atoms with van der Waals surface area (Å²) in [6.07, 6.45) is 4.78. The number of nitrogens with one attached hydrogen (secondary N) is 2. The Balaban J connectivity index is 1.45. The zero-order valence-electron chi connectivity index (χ0n) is 16.9. The molecule has 152 valence electrons. The number of aromatic amines is 1. The molecule has 6 nitrogen and oxygen atoms in total. The first-order valence-corrected chi connectivity index (χ1v) is 10.6. The SMILES string of the molecule is Cc1cccc(-c2n[nH]c(=S)n2CC(=O)NCCCCN2CCCC(C)C2)c1. The summed E-state index contributed by atoms with van der Waals surface area (Å²) in [5.74, 6) is 1.48. The van der Waals surface area contributed by atoms with Crippen molar-refractivity contribution in [2.75, 3.05) is 26.2 Å².